The molecule has 0 heterocycles. The maximum Gasteiger partial charge on any atom is 0.510 e. The minimum Gasteiger partial charge on any atom is -0.429 e. The van der Waals surface area contributed by atoms with Crippen molar-refractivity contribution in [3.05, 3.63) is 0 Å². The maximum absolute atomic E-state index is 14.0. The summed E-state index contributed by atoms with van der Waals surface area (Å²) in [6, 6.07) is 0. The lowest BCUT2D eigenvalue weighted by Gasteiger charge is -2.46. The molecule has 4 rings (SSSR count). The van der Waals surface area contributed by atoms with E-state index < -0.39 is 42.0 Å². The highest BCUT2D eigenvalue weighted by atomic mass is 19.4. The van der Waals surface area contributed by atoms with Gasteiger partial charge in [-0.3, -0.25) is 0 Å². The second kappa shape index (κ2) is 7.17. The quantitative estimate of drug-likeness (QED) is 0.253. The number of ether oxygens (including phenoxy) is 2. The molecule has 4 aliphatic carbocycles. The molecule has 0 amide bonds. The first-order valence-corrected chi connectivity index (χ1v) is 11.5. The van der Waals surface area contributed by atoms with Gasteiger partial charge in [0.1, 0.15) is 5.60 Å². The molecule has 4 bridgehead atoms. The Morgan fingerprint density at radius 1 is 0.781 bits per heavy atom. The fourth-order valence-electron chi connectivity index (χ4n) is 7.93. The van der Waals surface area contributed by atoms with E-state index >= 15 is 0 Å². The third-order valence-electron chi connectivity index (χ3n) is 9.09. The van der Waals surface area contributed by atoms with E-state index in [1.807, 2.05) is 0 Å². The zero-order valence-corrected chi connectivity index (χ0v) is 19.0. The molecule has 4 saturated carbocycles. The summed E-state index contributed by atoms with van der Waals surface area (Å²) in [5, 5.41) is 0. The van der Waals surface area contributed by atoms with Crippen molar-refractivity contribution < 1.29 is 40.6 Å². The van der Waals surface area contributed by atoms with Crippen LogP contribution in [0, 0.1) is 53.3 Å². The number of alkyl halides is 6. The van der Waals surface area contributed by atoms with Crippen LogP contribution in [0.5, 0.6) is 0 Å². The molecule has 9 atom stereocenters. The Bertz CT molecular complexity index is 740. The lowest BCUT2D eigenvalue weighted by molar-refractivity contribution is -0.374. The molecule has 0 aromatic carbocycles. The van der Waals surface area contributed by atoms with Crippen LogP contribution in [-0.2, 0) is 9.47 Å². The second-order valence-electron chi connectivity index (χ2n) is 11.7. The van der Waals surface area contributed by atoms with Gasteiger partial charge in [0.25, 0.3) is 0 Å². The fraction of sp³-hybridized carbons (Fsp3) is 0.957. The highest BCUT2D eigenvalue weighted by Gasteiger charge is 2.76. The molecule has 0 aromatic heterocycles. The van der Waals surface area contributed by atoms with Crippen molar-refractivity contribution in [2.24, 2.45) is 53.3 Å². The topological polar surface area (TPSA) is 35.5 Å². The van der Waals surface area contributed by atoms with Crippen LogP contribution in [0.25, 0.3) is 0 Å². The van der Waals surface area contributed by atoms with Crippen molar-refractivity contribution >= 4 is 6.16 Å². The van der Waals surface area contributed by atoms with Crippen molar-refractivity contribution in [1.82, 2.24) is 0 Å². The van der Waals surface area contributed by atoms with E-state index in [0.717, 1.165) is 6.42 Å². The summed E-state index contributed by atoms with van der Waals surface area (Å²) in [4.78, 5) is 12.0. The summed E-state index contributed by atoms with van der Waals surface area (Å²) >= 11 is 0. The van der Waals surface area contributed by atoms with Crippen LogP contribution in [0.15, 0.2) is 0 Å². The zero-order chi connectivity index (χ0) is 24.0. The summed E-state index contributed by atoms with van der Waals surface area (Å²) in [6.07, 6.45) is -12.8. The molecule has 3 nitrogen and oxygen atoms in total. The summed E-state index contributed by atoms with van der Waals surface area (Å²) in [7, 11) is 0. The van der Waals surface area contributed by atoms with Crippen molar-refractivity contribution in [3.8, 4) is 0 Å². The van der Waals surface area contributed by atoms with Gasteiger partial charge in [-0.05, 0) is 93.3 Å². The van der Waals surface area contributed by atoms with E-state index in [2.05, 4.69) is 23.3 Å². The van der Waals surface area contributed by atoms with Crippen LogP contribution >= 0.6 is 0 Å². The van der Waals surface area contributed by atoms with Crippen LogP contribution < -0.4 is 0 Å². The van der Waals surface area contributed by atoms with Crippen LogP contribution in [0.3, 0.4) is 0 Å². The molecular weight excluding hydrogens is 438 g/mol. The first-order valence-electron chi connectivity index (χ1n) is 11.5. The molecule has 32 heavy (non-hydrogen) atoms. The number of carbonyl (C=O) groups is 1. The zero-order valence-electron chi connectivity index (χ0n) is 19.0. The number of halogens is 6. The van der Waals surface area contributed by atoms with E-state index in [4.69, 9.17) is 0 Å². The van der Waals surface area contributed by atoms with Crippen LogP contribution in [-0.4, -0.2) is 29.7 Å². The minimum atomic E-state index is -5.81. The molecule has 0 radical (unpaired) electrons. The second-order valence-corrected chi connectivity index (χ2v) is 11.7. The van der Waals surface area contributed by atoms with E-state index in [-0.39, 0.29) is 17.8 Å². The van der Waals surface area contributed by atoms with Gasteiger partial charge < -0.3 is 9.47 Å². The Kier molecular flexibility index (Phi) is 5.38. The van der Waals surface area contributed by atoms with Gasteiger partial charge in [0.05, 0.1) is 0 Å². The Morgan fingerprint density at radius 2 is 1.31 bits per heavy atom. The average Bonchev–Trinajstić information content (AvgIpc) is 3.30. The summed E-state index contributed by atoms with van der Waals surface area (Å²) in [6.45, 7) is 8.44. The van der Waals surface area contributed by atoms with Gasteiger partial charge in [-0.25, -0.2) is 4.79 Å². The molecule has 0 aliphatic heterocycles. The highest BCUT2D eigenvalue weighted by molar-refractivity contribution is 5.61. The lowest BCUT2D eigenvalue weighted by Crippen LogP contribution is -2.61. The Labute approximate surface area is 184 Å². The van der Waals surface area contributed by atoms with Crippen molar-refractivity contribution in [3.63, 3.8) is 0 Å². The average molecular weight is 470 g/mol. The van der Waals surface area contributed by atoms with Gasteiger partial charge >= 0.3 is 24.1 Å². The van der Waals surface area contributed by atoms with Gasteiger partial charge in [-0.15, -0.1) is 0 Å². The van der Waals surface area contributed by atoms with E-state index in [1.54, 1.807) is 0 Å². The highest BCUT2D eigenvalue weighted by Crippen LogP contribution is 2.72. The maximum atomic E-state index is 14.0. The largest absolute Gasteiger partial charge is 0.510 e. The SMILES string of the molecule is CC1C(C)C2CC1C1C3CC(CC(OC(=O)OC(C)(C)C)(C(F)(F)F)C(F)(F)F)C(C3)C21. The molecule has 0 aromatic rings. The number of rotatable bonds is 3. The summed E-state index contributed by atoms with van der Waals surface area (Å²) in [5.74, 6) is 1.71. The van der Waals surface area contributed by atoms with Gasteiger partial charge in [0, 0.05) is 6.42 Å². The molecule has 4 aliphatic rings. The monoisotopic (exact) mass is 470 g/mol. The summed E-state index contributed by atoms with van der Waals surface area (Å²) < 4.78 is 93.1. The minimum absolute atomic E-state index is 0.167. The fourth-order valence-corrected chi connectivity index (χ4v) is 7.93. The molecule has 184 valence electrons. The van der Waals surface area contributed by atoms with Crippen molar-refractivity contribution in [2.45, 2.75) is 83.9 Å². The third kappa shape index (κ3) is 3.51. The van der Waals surface area contributed by atoms with E-state index in [1.165, 1.54) is 20.8 Å². The molecule has 9 heteroatoms. The molecule has 0 spiro atoms. The first kappa shape index (κ1) is 24.0. The van der Waals surface area contributed by atoms with Crippen molar-refractivity contribution in [2.75, 3.05) is 0 Å². The normalized spacial score (nSPS) is 41.2. The molecular formula is C23H32F6O3. The summed E-state index contributed by atoms with van der Waals surface area (Å²) in [5.41, 5.74) is -5.85. The van der Waals surface area contributed by atoms with E-state index in [9.17, 15) is 31.1 Å². The Hall–Kier alpha value is -1.15. The van der Waals surface area contributed by atoms with E-state index in [0.29, 0.717) is 42.4 Å². The standard InChI is InChI=1S/C23H32F6O3/c1-10-11(2)15-8-14(10)17-12-6-13(16(7-12)18(15)17)9-21(22(24,25)26,23(27,28)29)32-19(30)31-20(3,4)5/h10-18H,6-9H2,1-5H3. The third-order valence-corrected chi connectivity index (χ3v) is 9.09. The van der Waals surface area contributed by atoms with Crippen LogP contribution in [0.1, 0.15) is 60.3 Å². The smallest absolute Gasteiger partial charge is 0.429 e. The molecule has 9 unspecified atom stereocenters. The Balaban J connectivity index is 1.61. The molecule has 4 fully saturated rings. The van der Waals surface area contributed by atoms with Gasteiger partial charge in [0.2, 0.25) is 0 Å². The lowest BCUT2D eigenvalue weighted by atomic mass is 9.61. The van der Waals surface area contributed by atoms with Gasteiger partial charge in [-0.2, -0.15) is 26.3 Å². The molecule has 0 saturated heterocycles. The molecule has 0 N–H and O–H groups in total. The first-order chi connectivity index (χ1) is 14.5. The number of carbonyl (C=O) groups excluding carboxylic acids is 1. The van der Waals surface area contributed by atoms with Gasteiger partial charge in [-0.1, -0.05) is 13.8 Å². The predicted molar refractivity (Wildman–Crippen MR) is 103 cm³/mol. The van der Waals surface area contributed by atoms with Crippen LogP contribution in [0.4, 0.5) is 31.1 Å². The number of hydrogen-bond acceptors (Lipinski definition) is 3. The van der Waals surface area contributed by atoms with Crippen molar-refractivity contribution in [1.29, 1.82) is 0 Å². The number of fused-ring (bicyclic) bond motifs is 9. The predicted octanol–water partition coefficient (Wildman–Crippen LogP) is 7.00. The van der Waals surface area contributed by atoms with Gasteiger partial charge in [0.15, 0.2) is 0 Å². The number of hydrogen-bond donors (Lipinski definition) is 0. The Morgan fingerprint density at radius 3 is 1.81 bits per heavy atom. The van der Waals surface area contributed by atoms with Crippen LogP contribution in [0.2, 0.25) is 0 Å².